The van der Waals surface area contributed by atoms with Crippen LogP contribution in [0.4, 0.5) is 0 Å². The Morgan fingerprint density at radius 3 is 2.37 bits per heavy atom. The molecule has 0 spiro atoms. The summed E-state index contributed by atoms with van der Waals surface area (Å²) < 4.78 is 21.8. The predicted molar refractivity (Wildman–Crippen MR) is 104 cm³/mol. The number of aliphatic hydroxyl groups excluding tert-OH is 1. The zero-order valence-electron chi connectivity index (χ0n) is 16.6. The van der Waals surface area contributed by atoms with Crippen molar-refractivity contribution in [2.24, 2.45) is 10.4 Å². The molecule has 1 aromatic rings. The molecule has 1 heterocycles. The van der Waals surface area contributed by atoms with E-state index in [2.05, 4.69) is 15.6 Å². The molecule has 1 aliphatic rings. The van der Waals surface area contributed by atoms with Crippen LogP contribution in [0.15, 0.2) is 17.1 Å². The summed E-state index contributed by atoms with van der Waals surface area (Å²) in [6.07, 6.45) is 1.63. The van der Waals surface area contributed by atoms with Gasteiger partial charge in [-0.3, -0.25) is 4.99 Å². The van der Waals surface area contributed by atoms with Crippen LogP contribution in [0.2, 0.25) is 0 Å². The Balaban J connectivity index is 2.03. The molecule has 0 saturated carbocycles. The fourth-order valence-corrected chi connectivity index (χ4v) is 3.23. The summed E-state index contributed by atoms with van der Waals surface area (Å²) in [6, 6.07) is 3.64. The summed E-state index contributed by atoms with van der Waals surface area (Å²) in [5.74, 6) is 2.69. The Morgan fingerprint density at radius 2 is 1.89 bits per heavy atom. The summed E-state index contributed by atoms with van der Waals surface area (Å²) in [5.41, 5.74) is 0.819. The van der Waals surface area contributed by atoms with E-state index in [1.165, 1.54) is 0 Å². The zero-order valence-corrected chi connectivity index (χ0v) is 16.6. The summed E-state index contributed by atoms with van der Waals surface area (Å²) >= 11 is 0. The lowest BCUT2D eigenvalue weighted by Gasteiger charge is -2.27. The molecule has 8 nitrogen and oxygen atoms in total. The fourth-order valence-electron chi connectivity index (χ4n) is 3.23. The number of rotatable bonds is 9. The topological polar surface area (TPSA) is 93.6 Å². The van der Waals surface area contributed by atoms with Crippen molar-refractivity contribution in [1.82, 2.24) is 10.6 Å². The molecule has 1 aromatic carbocycles. The average Bonchev–Trinajstić information content (AvgIpc) is 3.16. The van der Waals surface area contributed by atoms with Gasteiger partial charge in [0.05, 0.1) is 40.0 Å². The van der Waals surface area contributed by atoms with Crippen LogP contribution in [0.3, 0.4) is 0 Å². The van der Waals surface area contributed by atoms with Gasteiger partial charge in [0.25, 0.3) is 0 Å². The Morgan fingerprint density at radius 1 is 1.19 bits per heavy atom. The molecule has 27 heavy (non-hydrogen) atoms. The minimum absolute atomic E-state index is 0.0537. The Kier molecular flexibility index (Phi) is 7.99. The minimum Gasteiger partial charge on any atom is -0.496 e. The number of aliphatic imine (C=N–C) groups is 1. The molecule has 3 N–H and O–H groups in total. The highest BCUT2D eigenvalue weighted by molar-refractivity contribution is 5.79. The van der Waals surface area contributed by atoms with E-state index < -0.39 is 0 Å². The van der Waals surface area contributed by atoms with Crippen LogP contribution < -0.4 is 24.8 Å². The SMILES string of the molecule is CN=C(NCc1c(OC)cc(OC)cc1OC)NCC1(CCO)CCOC1. The molecule has 0 aromatic heterocycles. The molecule has 1 unspecified atom stereocenters. The van der Waals surface area contributed by atoms with Crippen molar-refractivity contribution in [2.75, 3.05) is 54.7 Å². The lowest BCUT2D eigenvalue weighted by atomic mass is 9.84. The van der Waals surface area contributed by atoms with Crippen molar-refractivity contribution in [3.63, 3.8) is 0 Å². The molecule has 0 amide bonds. The van der Waals surface area contributed by atoms with Gasteiger partial charge >= 0.3 is 0 Å². The van der Waals surface area contributed by atoms with E-state index in [0.717, 1.165) is 18.6 Å². The Bertz CT molecular complexity index is 605. The maximum atomic E-state index is 9.36. The summed E-state index contributed by atoms with van der Waals surface area (Å²) in [4.78, 5) is 4.28. The van der Waals surface area contributed by atoms with Gasteiger partial charge in [0, 0.05) is 44.4 Å². The van der Waals surface area contributed by atoms with Crippen LogP contribution in [-0.2, 0) is 11.3 Å². The molecule has 1 aliphatic heterocycles. The van der Waals surface area contributed by atoms with Gasteiger partial charge in [-0.2, -0.15) is 0 Å². The monoisotopic (exact) mass is 381 g/mol. The van der Waals surface area contributed by atoms with Crippen molar-refractivity contribution < 1.29 is 24.1 Å². The Hall–Kier alpha value is -2.19. The van der Waals surface area contributed by atoms with Crippen LogP contribution >= 0.6 is 0 Å². The van der Waals surface area contributed by atoms with E-state index in [9.17, 15) is 5.11 Å². The molecule has 8 heteroatoms. The van der Waals surface area contributed by atoms with Gasteiger partial charge in [-0.25, -0.2) is 0 Å². The number of nitrogens with one attached hydrogen (secondary N) is 2. The fraction of sp³-hybridized carbons (Fsp3) is 0.632. The molecule has 152 valence electrons. The zero-order chi connectivity index (χ0) is 19.7. The van der Waals surface area contributed by atoms with Crippen molar-refractivity contribution in [3.8, 4) is 17.2 Å². The smallest absolute Gasteiger partial charge is 0.191 e. The number of nitrogens with zero attached hydrogens (tertiary/aromatic N) is 1. The number of methoxy groups -OCH3 is 3. The lowest BCUT2D eigenvalue weighted by Crippen LogP contribution is -2.44. The maximum absolute atomic E-state index is 9.36. The van der Waals surface area contributed by atoms with Gasteiger partial charge in [-0.1, -0.05) is 0 Å². The van der Waals surface area contributed by atoms with Crippen LogP contribution in [0, 0.1) is 5.41 Å². The van der Waals surface area contributed by atoms with Gasteiger partial charge in [-0.15, -0.1) is 0 Å². The molecule has 1 atom stereocenters. The lowest BCUT2D eigenvalue weighted by molar-refractivity contribution is 0.127. The van der Waals surface area contributed by atoms with Crippen molar-refractivity contribution in [2.45, 2.75) is 19.4 Å². The largest absolute Gasteiger partial charge is 0.496 e. The maximum Gasteiger partial charge on any atom is 0.191 e. The van der Waals surface area contributed by atoms with E-state index in [0.29, 0.717) is 49.3 Å². The second kappa shape index (κ2) is 10.2. The second-order valence-corrected chi connectivity index (χ2v) is 6.57. The van der Waals surface area contributed by atoms with Gasteiger partial charge < -0.3 is 34.7 Å². The van der Waals surface area contributed by atoms with Gasteiger partial charge in [0.15, 0.2) is 5.96 Å². The minimum atomic E-state index is -0.0537. The van der Waals surface area contributed by atoms with Crippen LogP contribution in [-0.4, -0.2) is 65.8 Å². The summed E-state index contributed by atoms with van der Waals surface area (Å²) in [5, 5.41) is 16.0. The standard InChI is InChI=1S/C19H31N3O5/c1-20-18(22-12-19(5-7-23)6-8-27-13-19)21-11-15-16(25-3)9-14(24-2)10-17(15)26-4/h9-10,23H,5-8,11-13H2,1-4H3,(H2,20,21,22). The molecule has 0 aliphatic carbocycles. The molecule has 1 fully saturated rings. The van der Waals surface area contributed by atoms with Crippen molar-refractivity contribution in [3.05, 3.63) is 17.7 Å². The summed E-state index contributed by atoms with van der Waals surface area (Å²) in [7, 11) is 6.56. The van der Waals surface area contributed by atoms with Gasteiger partial charge in [-0.05, 0) is 12.8 Å². The molecule has 0 radical (unpaired) electrons. The predicted octanol–water partition coefficient (Wildman–Crippen LogP) is 1.17. The Labute approximate surface area is 160 Å². The van der Waals surface area contributed by atoms with E-state index in [4.69, 9.17) is 18.9 Å². The van der Waals surface area contributed by atoms with Crippen LogP contribution in [0.25, 0.3) is 0 Å². The molecule has 2 rings (SSSR count). The van der Waals surface area contributed by atoms with E-state index in [1.54, 1.807) is 28.4 Å². The number of hydrogen-bond acceptors (Lipinski definition) is 6. The first kappa shape index (κ1) is 21.1. The quantitative estimate of drug-likeness (QED) is 0.437. The first-order valence-corrected chi connectivity index (χ1v) is 9.03. The molecule has 0 bridgehead atoms. The molecule has 1 saturated heterocycles. The van der Waals surface area contributed by atoms with Gasteiger partial charge in [0.1, 0.15) is 17.2 Å². The summed E-state index contributed by atoms with van der Waals surface area (Å²) in [6.45, 7) is 2.69. The van der Waals surface area contributed by atoms with Crippen LogP contribution in [0.1, 0.15) is 18.4 Å². The second-order valence-electron chi connectivity index (χ2n) is 6.57. The first-order chi connectivity index (χ1) is 13.1. The van der Waals surface area contributed by atoms with Crippen molar-refractivity contribution in [1.29, 1.82) is 0 Å². The third kappa shape index (κ3) is 5.40. The number of guanidine groups is 1. The third-order valence-electron chi connectivity index (χ3n) is 4.93. The highest BCUT2D eigenvalue weighted by Crippen LogP contribution is 2.34. The first-order valence-electron chi connectivity index (χ1n) is 9.03. The average molecular weight is 381 g/mol. The highest BCUT2D eigenvalue weighted by Gasteiger charge is 2.34. The third-order valence-corrected chi connectivity index (χ3v) is 4.93. The van der Waals surface area contributed by atoms with E-state index >= 15 is 0 Å². The number of aliphatic hydroxyl groups is 1. The number of benzene rings is 1. The molecular weight excluding hydrogens is 350 g/mol. The number of ether oxygens (including phenoxy) is 4. The number of hydrogen-bond donors (Lipinski definition) is 3. The van der Waals surface area contributed by atoms with Gasteiger partial charge in [0.2, 0.25) is 0 Å². The van der Waals surface area contributed by atoms with E-state index in [1.807, 2.05) is 12.1 Å². The van der Waals surface area contributed by atoms with Crippen LogP contribution in [0.5, 0.6) is 17.2 Å². The van der Waals surface area contributed by atoms with Crippen molar-refractivity contribution >= 4 is 5.96 Å². The van der Waals surface area contributed by atoms with E-state index in [-0.39, 0.29) is 12.0 Å². The highest BCUT2D eigenvalue weighted by atomic mass is 16.5. The normalized spacial score (nSPS) is 19.7. The molecular formula is C19H31N3O5.